The number of hydrogen-bond acceptors (Lipinski definition) is 3. The molecule has 3 aromatic rings. The fourth-order valence-electron chi connectivity index (χ4n) is 3.50. The maximum absolute atomic E-state index is 12.1. The predicted octanol–water partition coefficient (Wildman–Crippen LogP) is 1.24. The van der Waals surface area contributed by atoms with Gasteiger partial charge in [0, 0.05) is 0 Å². The van der Waals surface area contributed by atoms with Crippen LogP contribution >= 0.6 is 0 Å². The summed E-state index contributed by atoms with van der Waals surface area (Å²) in [5.74, 6) is 0. The van der Waals surface area contributed by atoms with E-state index in [4.69, 9.17) is 0 Å². The minimum atomic E-state index is -3.39. The molecule has 0 aliphatic carbocycles. The van der Waals surface area contributed by atoms with E-state index in [2.05, 4.69) is 34.3 Å². The van der Waals surface area contributed by atoms with E-state index in [1.165, 1.54) is 11.8 Å². The molecular weight excluding hydrogens is 517 g/mol. The van der Waals surface area contributed by atoms with Crippen LogP contribution in [0.4, 0.5) is 0 Å². The van der Waals surface area contributed by atoms with Gasteiger partial charge >= 0.3 is 19.5 Å². The molecule has 167 valence electrons. The summed E-state index contributed by atoms with van der Waals surface area (Å²) in [7, 11) is -3.39. The van der Waals surface area contributed by atoms with Crippen LogP contribution in [0.15, 0.2) is 91.0 Å². The first-order valence-electron chi connectivity index (χ1n) is 9.87. The van der Waals surface area contributed by atoms with E-state index in [-0.39, 0.29) is 37.9 Å². The van der Waals surface area contributed by atoms with Crippen molar-refractivity contribution in [1.82, 2.24) is 10.0 Å². The molecule has 0 amide bonds. The Labute approximate surface area is 205 Å². The van der Waals surface area contributed by atoms with Crippen molar-refractivity contribution in [3.63, 3.8) is 0 Å². The predicted molar refractivity (Wildman–Crippen MR) is 119 cm³/mol. The molecule has 0 aliphatic heterocycles. The van der Waals surface area contributed by atoms with Crippen molar-refractivity contribution < 1.29 is 40.3 Å². The SMILES string of the molecule is CS(=O)(=O)N[C@H](c1ccccc1)[C@H](NCCCc1ccccc1)c1ccccc1.[Cl-].[Ru+]. The molecule has 0 spiro atoms. The van der Waals surface area contributed by atoms with E-state index in [1.54, 1.807) is 0 Å². The molecule has 0 unspecified atom stereocenters. The molecule has 2 atom stereocenters. The van der Waals surface area contributed by atoms with Crippen molar-refractivity contribution in [3.8, 4) is 0 Å². The Hall–Kier alpha value is -1.56. The summed E-state index contributed by atoms with van der Waals surface area (Å²) in [4.78, 5) is 0. The van der Waals surface area contributed by atoms with Crippen LogP contribution in [0, 0.1) is 0 Å². The van der Waals surface area contributed by atoms with Crippen LogP contribution in [0.1, 0.15) is 35.2 Å². The van der Waals surface area contributed by atoms with Crippen LogP contribution in [0.2, 0.25) is 0 Å². The smallest absolute Gasteiger partial charge is 1.00 e. The quantitative estimate of drug-likeness (QED) is 0.298. The summed E-state index contributed by atoms with van der Waals surface area (Å²) in [5, 5.41) is 3.60. The molecule has 0 aliphatic rings. The van der Waals surface area contributed by atoms with Gasteiger partial charge in [0.1, 0.15) is 0 Å². The summed E-state index contributed by atoms with van der Waals surface area (Å²) in [6.45, 7) is 0.781. The number of sulfonamides is 1. The van der Waals surface area contributed by atoms with Gasteiger partial charge in [-0.3, -0.25) is 0 Å². The van der Waals surface area contributed by atoms with Crippen molar-refractivity contribution in [2.45, 2.75) is 24.9 Å². The van der Waals surface area contributed by atoms with Crippen LogP contribution in [0.25, 0.3) is 0 Å². The number of hydrogen-bond donors (Lipinski definition) is 2. The van der Waals surface area contributed by atoms with E-state index in [0.29, 0.717) is 0 Å². The number of rotatable bonds is 10. The molecule has 0 heterocycles. The zero-order valence-corrected chi connectivity index (χ0v) is 20.7. The fraction of sp³-hybridized carbons (Fsp3) is 0.250. The zero-order valence-electron chi connectivity index (χ0n) is 17.4. The second kappa shape index (κ2) is 13.8. The molecule has 0 fully saturated rings. The Balaban J connectivity index is 0.00000240. The molecule has 3 aromatic carbocycles. The molecule has 3 rings (SSSR count). The molecule has 4 nitrogen and oxygen atoms in total. The number of nitrogens with one attached hydrogen (secondary N) is 2. The van der Waals surface area contributed by atoms with Crippen molar-refractivity contribution in [2.75, 3.05) is 12.8 Å². The second-order valence-electron chi connectivity index (χ2n) is 7.21. The van der Waals surface area contributed by atoms with E-state index in [0.717, 1.165) is 30.5 Å². The first kappa shape index (κ1) is 27.5. The molecule has 2 N–H and O–H groups in total. The molecule has 0 saturated heterocycles. The molecule has 0 aromatic heterocycles. The molecule has 31 heavy (non-hydrogen) atoms. The van der Waals surface area contributed by atoms with Crippen molar-refractivity contribution in [2.24, 2.45) is 0 Å². The normalized spacial score (nSPS) is 12.8. The van der Waals surface area contributed by atoms with E-state index >= 15 is 0 Å². The Morgan fingerprint density at radius 3 is 1.68 bits per heavy atom. The van der Waals surface area contributed by atoms with E-state index < -0.39 is 16.1 Å². The van der Waals surface area contributed by atoms with E-state index in [1.807, 2.05) is 66.7 Å². The van der Waals surface area contributed by atoms with Gasteiger partial charge in [-0.15, -0.1) is 0 Å². The molecule has 1 radical (unpaired) electrons. The van der Waals surface area contributed by atoms with Gasteiger partial charge in [0.25, 0.3) is 0 Å². The third-order valence-corrected chi connectivity index (χ3v) is 5.52. The maximum atomic E-state index is 12.1. The third-order valence-electron chi connectivity index (χ3n) is 4.84. The van der Waals surface area contributed by atoms with Crippen LogP contribution in [0.3, 0.4) is 0 Å². The van der Waals surface area contributed by atoms with Crippen molar-refractivity contribution in [3.05, 3.63) is 108 Å². The van der Waals surface area contributed by atoms with Crippen LogP contribution < -0.4 is 22.4 Å². The topological polar surface area (TPSA) is 58.2 Å². The van der Waals surface area contributed by atoms with Gasteiger partial charge in [-0.2, -0.15) is 0 Å². The first-order chi connectivity index (χ1) is 14.0. The Morgan fingerprint density at radius 1 is 0.742 bits per heavy atom. The second-order valence-corrected chi connectivity index (χ2v) is 8.99. The zero-order chi connectivity index (χ0) is 20.5. The largest absolute Gasteiger partial charge is 1.00 e. The average molecular weight is 545 g/mol. The van der Waals surface area contributed by atoms with Crippen molar-refractivity contribution in [1.29, 1.82) is 0 Å². The molecule has 0 bridgehead atoms. The van der Waals surface area contributed by atoms with Gasteiger partial charge in [0.2, 0.25) is 10.0 Å². The maximum Gasteiger partial charge on any atom is 1.00 e. The molecule has 7 heteroatoms. The monoisotopic (exact) mass is 545 g/mol. The van der Waals surface area contributed by atoms with Crippen molar-refractivity contribution >= 4 is 10.0 Å². The first-order valence-corrected chi connectivity index (χ1v) is 11.8. The van der Waals surface area contributed by atoms with Crippen LogP contribution in [-0.2, 0) is 35.9 Å². The van der Waals surface area contributed by atoms with Gasteiger partial charge in [0.15, 0.2) is 0 Å². The van der Waals surface area contributed by atoms with Gasteiger partial charge in [0.05, 0.1) is 18.3 Å². The van der Waals surface area contributed by atoms with Gasteiger partial charge in [-0.1, -0.05) is 91.0 Å². The van der Waals surface area contributed by atoms with E-state index in [9.17, 15) is 8.42 Å². The van der Waals surface area contributed by atoms with Gasteiger partial charge < -0.3 is 17.7 Å². The number of halogens is 1. The summed E-state index contributed by atoms with van der Waals surface area (Å²) in [6.07, 6.45) is 3.15. The standard InChI is InChI=1S/C24H28N2O2S.ClH.Ru/c1-29(27,28)26-24(22-17-9-4-10-18-22)23(21-15-7-3-8-16-21)25-19-11-14-20-12-5-2-6-13-20;;/h2-10,12-13,15-18,23-26H,11,14,19H2,1H3;1H;/q;;+1/p-1/t23-,24-;;/m1../s1. The minimum absolute atomic E-state index is 0. The summed E-state index contributed by atoms with van der Waals surface area (Å²) in [5.41, 5.74) is 3.29. The van der Waals surface area contributed by atoms with Crippen LogP contribution in [0.5, 0.6) is 0 Å². The molecule has 0 saturated carbocycles. The minimum Gasteiger partial charge on any atom is -1.00 e. The fourth-order valence-corrected chi connectivity index (χ4v) is 4.24. The van der Waals surface area contributed by atoms with Gasteiger partial charge in [-0.25, -0.2) is 13.1 Å². The molecular formula is C24H28ClN2O2RuS. The Kier molecular flexibility index (Phi) is 12.2. The Bertz CT molecular complexity index is 974. The van der Waals surface area contributed by atoms with Gasteiger partial charge in [-0.05, 0) is 36.1 Å². The average Bonchev–Trinajstić information content (AvgIpc) is 2.74. The summed E-state index contributed by atoms with van der Waals surface area (Å²) < 4.78 is 27.1. The number of aryl methyl sites for hydroxylation is 1. The summed E-state index contributed by atoms with van der Waals surface area (Å²) >= 11 is 0. The third kappa shape index (κ3) is 9.22. The Morgan fingerprint density at radius 2 is 1.19 bits per heavy atom. The van der Waals surface area contributed by atoms with Crippen LogP contribution in [-0.4, -0.2) is 21.2 Å². The number of benzene rings is 3. The summed E-state index contributed by atoms with van der Waals surface area (Å²) in [6, 6.07) is 29.6.